The number of benzene rings is 1. The van der Waals surface area contributed by atoms with E-state index in [0.717, 1.165) is 0 Å². The van der Waals surface area contributed by atoms with Gasteiger partial charge < -0.3 is 4.90 Å². The lowest BCUT2D eigenvalue weighted by atomic mass is 10.1. The fourth-order valence-corrected chi connectivity index (χ4v) is 5.30. The van der Waals surface area contributed by atoms with Crippen molar-refractivity contribution in [3.8, 4) is 6.07 Å². The van der Waals surface area contributed by atoms with Crippen molar-refractivity contribution in [1.29, 1.82) is 5.26 Å². The number of carbonyl (C=O) groups is 1. The van der Waals surface area contributed by atoms with Crippen LogP contribution in [0.15, 0.2) is 29.2 Å². The van der Waals surface area contributed by atoms with Crippen molar-refractivity contribution in [3.63, 3.8) is 0 Å². The highest BCUT2D eigenvalue weighted by atomic mass is 32.2. The number of sulfonamides is 1. The molecule has 0 spiro atoms. The summed E-state index contributed by atoms with van der Waals surface area (Å²) in [6, 6.07) is 8.12. The smallest absolute Gasteiger partial charge is 0.244 e. The van der Waals surface area contributed by atoms with Gasteiger partial charge in [0.25, 0.3) is 0 Å². The van der Waals surface area contributed by atoms with Crippen LogP contribution in [-0.2, 0) is 14.8 Å². The predicted molar refractivity (Wildman–Crippen MR) is 108 cm³/mol. The van der Waals surface area contributed by atoms with Crippen LogP contribution in [-0.4, -0.2) is 72.7 Å². The molecule has 1 aliphatic heterocycles. The average Bonchev–Trinajstić information content (AvgIpc) is 2.66. The Morgan fingerprint density at radius 3 is 2.07 bits per heavy atom. The number of piperazine rings is 1. The molecule has 0 saturated carbocycles. The van der Waals surface area contributed by atoms with Crippen LogP contribution < -0.4 is 0 Å². The Hall–Kier alpha value is -1.95. The van der Waals surface area contributed by atoms with E-state index in [1.165, 1.54) is 16.4 Å². The van der Waals surface area contributed by atoms with Crippen molar-refractivity contribution in [2.75, 3.05) is 26.2 Å². The Kier molecular flexibility index (Phi) is 7.21. The minimum Gasteiger partial charge on any atom is -0.336 e. The molecule has 1 heterocycles. The Bertz CT molecular complexity index is 829. The Morgan fingerprint density at radius 1 is 1.04 bits per heavy atom. The van der Waals surface area contributed by atoms with Gasteiger partial charge in [0, 0.05) is 38.3 Å². The van der Waals surface area contributed by atoms with Crippen LogP contribution >= 0.6 is 0 Å². The van der Waals surface area contributed by atoms with Gasteiger partial charge in [-0.3, -0.25) is 9.69 Å². The van der Waals surface area contributed by atoms with Crippen LogP contribution in [0.1, 0.15) is 40.2 Å². The minimum atomic E-state index is -3.73. The van der Waals surface area contributed by atoms with Crippen LogP contribution in [0, 0.1) is 11.3 Å². The highest BCUT2D eigenvalue weighted by molar-refractivity contribution is 7.89. The van der Waals surface area contributed by atoms with E-state index in [9.17, 15) is 18.5 Å². The summed E-state index contributed by atoms with van der Waals surface area (Å²) in [7, 11) is -3.73. The Labute approximate surface area is 168 Å². The summed E-state index contributed by atoms with van der Waals surface area (Å²) >= 11 is 0. The van der Waals surface area contributed by atoms with Gasteiger partial charge in [-0.2, -0.15) is 9.57 Å². The van der Waals surface area contributed by atoms with E-state index >= 15 is 0 Å². The predicted octanol–water partition coefficient (Wildman–Crippen LogP) is 1.90. The van der Waals surface area contributed by atoms with Crippen molar-refractivity contribution in [2.24, 2.45) is 0 Å². The molecule has 1 saturated heterocycles. The average molecular weight is 407 g/mol. The zero-order chi connectivity index (χ0) is 21.1. The maximum absolute atomic E-state index is 12.9. The standard InChI is InChI=1S/C20H30N4O3S/c1-15(2)24(16(3)4)20(25)17(5)22-10-12-23(13-11-22)28(26,27)19-9-7-6-8-18(19)14-21/h6-9,15-17H,10-13H2,1-5H3. The van der Waals surface area contributed by atoms with Crippen molar-refractivity contribution in [3.05, 3.63) is 29.8 Å². The fraction of sp³-hybridized carbons (Fsp3) is 0.600. The number of nitrogens with zero attached hydrogens (tertiary/aromatic N) is 4. The summed E-state index contributed by atoms with van der Waals surface area (Å²) in [6.45, 7) is 11.4. The van der Waals surface area contributed by atoms with Gasteiger partial charge in [0.05, 0.1) is 16.5 Å². The minimum absolute atomic E-state index is 0.0425. The second-order valence-corrected chi connectivity index (χ2v) is 9.56. The molecule has 1 fully saturated rings. The monoisotopic (exact) mass is 406 g/mol. The number of nitriles is 1. The Balaban J connectivity index is 2.10. The number of rotatable bonds is 6. The molecule has 1 atom stereocenters. The molecular formula is C20H30N4O3S. The topological polar surface area (TPSA) is 84.7 Å². The third kappa shape index (κ3) is 4.54. The lowest BCUT2D eigenvalue weighted by Crippen LogP contribution is -2.57. The molecule has 154 valence electrons. The molecule has 0 radical (unpaired) electrons. The van der Waals surface area contributed by atoms with Gasteiger partial charge in [0.1, 0.15) is 6.07 Å². The summed E-state index contributed by atoms with van der Waals surface area (Å²) in [6.07, 6.45) is 0. The SMILES string of the molecule is CC(C(=O)N(C(C)C)C(C)C)N1CCN(S(=O)(=O)c2ccccc2C#N)CC1. The maximum atomic E-state index is 12.9. The van der Waals surface area contributed by atoms with E-state index < -0.39 is 10.0 Å². The molecule has 0 aromatic heterocycles. The molecular weight excluding hydrogens is 376 g/mol. The summed E-state index contributed by atoms with van der Waals surface area (Å²) in [5, 5.41) is 9.21. The van der Waals surface area contributed by atoms with Gasteiger partial charge in [0.2, 0.25) is 15.9 Å². The zero-order valence-electron chi connectivity index (χ0n) is 17.3. The fourth-order valence-electron chi connectivity index (χ4n) is 3.73. The van der Waals surface area contributed by atoms with Gasteiger partial charge in [-0.05, 0) is 46.8 Å². The van der Waals surface area contributed by atoms with Crippen molar-refractivity contribution in [1.82, 2.24) is 14.1 Å². The molecule has 1 aliphatic rings. The second-order valence-electron chi connectivity index (χ2n) is 7.66. The highest BCUT2D eigenvalue weighted by Gasteiger charge is 2.35. The largest absolute Gasteiger partial charge is 0.336 e. The lowest BCUT2D eigenvalue weighted by Gasteiger charge is -2.40. The van der Waals surface area contributed by atoms with Gasteiger partial charge in [-0.15, -0.1) is 0 Å². The van der Waals surface area contributed by atoms with Crippen LogP contribution in [0.5, 0.6) is 0 Å². The summed E-state index contributed by atoms with van der Waals surface area (Å²) in [5.41, 5.74) is 0.151. The number of hydrogen-bond acceptors (Lipinski definition) is 5. The van der Waals surface area contributed by atoms with Crippen LogP contribution in [0.4, 0.5) is 0 Å². The van der Waals surface area contributed by atoms with Crippen LogP contribution in [0.3, 0.4) is 0 Å². The van der Waals surface area contributed by atoms with Crippen molar-refractivity contribution >= 4 is 15.9 Å². The van der Waals surface area contributed by atoms with Crippen molar-refractivity contribution < 1.29 is 13.2 Å². The summed E-state index contributed by atoms with van der Waals surface area (Å²) < 4.78 is 27.3. The van der Waals surface area contributed by atoms with Gasteiger partial charge in [-0.1, -0.05) is 12.1 Å². The van der Waals surface area contributed by atoms with Crippen LogP contribution in [0.2, 0.25) is 0 Å². The molecule has 0 bridgehead atoms. The van der Waals surface area contributed by atoms with E-state index in [4.69, 9.17) is 0 Å². The second kappa shape index (κ2) is 9.03. The molecule has 1 unspecified atom stereocenters. The molecule has 1 amide bonds. The number of carbonyl (C=O) groups excluding carboxylic acids is 1. The van der Waals surface area contributed by atoms with Crippen molar-refractivity contribution in [2.45, 2.75) is 57.6 Å². The molecule has 2 rings (SSSR count). The third-order valence-corrected chi connectivity index (χ3v) is 7.13. The Morgan fingerprint density at radius 2 is 1.57 bits per heavy atom. The van der Waals surface area contributed by atoms with Gasteiger partial charge in [0.15, 0.2) is 0 Å². The van der Waals surface area contributed by atoms with Gasteiger partial charge >= 0.3 is 0 Å². The summed E-state index contributed by atoms with van der Waals surface area (Å²) in [4.78, 5) is 16.9. The molecule has 8 heteroatoms. The number of amides is 1. The first kappa shape index (κ1) is 22.3. The molecule has 0 N–H and O–H groups in total. The quantitative estimate of drug-likeness (QED) is 0.720. The molecule has 28 heavy (non-hydrogen) atoms. The molecule has 7 nitrogen and oxygen atoms in total. The summed E-state index contributed by atoms with van der Waals surface area (Å²) in [5.74, 6) is 0.0659. The lowest BCUT2D eigenvalue weighted by molar-refractivity contribution is -0.140. The van der Waals surface area contributed by atoms with E-state index in [1.807, 2.05) is 50.5 Å². The molecule has 1 aromatic rings. The van der Waals surface area contributed by atoms with Crippen LogP contribution in [0.25, 0.3) is 0 Å². The normalized spacial score (nSPS) is 17.5. The van der Waals surface area contributed by atoms with E-state index in [-0.39, 0.29) is 34.5 Å². The highest BCUT2D eigenvalue weighted by Crippen LogP contribution is 2.22. The first-order valence-electron chi connectivity index (χ1n) is 9.66. The van der Waals surface area contributed by atoms with E-state index in [2.05, 4.69) is 0 Å². The molecule has 0 aliphatic carbocycles. The zero-order valence-corrected chi connectivity index (χ0v) is 18.1. The van der Waals surface area contributed by atoms with E-state index in [1.54, 1.807) is 12.1 Å². The molecule has 1 aromatic carbocycles. The van der Waals surface area contributed by atoms with E-state index in [0.29, 0.717) is 26.2 Å². The first-order chi connectivity index (χ1) is 13.1. The maximum Gasteiger partial charge on any atom is 0.244 e. The van der Waals surface area contributed by atoms with Gasteiger partial charge in [-0.25, -0.2) is 8.42 Å². The first-order valence-corrected chi connectivity index (χ1v) is 11.1. The number of hydrogen-bond donors (Lipinski definition) is 0. The third-order valence-electron chi connectivity index (χ3n) is 5.17.